The predicted molar refractivity (Wildman–Crippen MR) is 113 cm³/mol. The fourth-order valence-corrected chi connectivity index (χ4v) is 4.18. The van der Waals surface area contributed by atoms with E-state index in [1.54, 1.807) is 12.4 Å². The zero-order valence-corrected chi connectivity index (χ0v) is 17.7. The van der Waals surface area contributed by atoms with Crippen molar-refractivity contribution < 1.29 is 14.4 Å². The van der Waals surface area contributed by atoms with Crippen molar-refractivity contribution in [1.82, 2.24) is 20.5 Å². The molecule has 2 aromatic rings. The fraction of sp³-hybridized carbons (Fsp3) is 0.429. The Hall–Kier alpha value is -2.74. The van der Waals surface area contributed by atoms with Crippen molar-refractivity contribution in [3.63, 3.8) is 0 Å². The molecule has 1 aromatic carbocycles. The molecule has 3 amide bonds. The lowest BCUT2D eigenvalue weighted by molar-refractivity contribution is -0.137. The first kappa shape index (κ1) is 21.0. The van der Waals surface area contributed by atoms with Crippen molar-refractivity contribution >= 4 is 29.1 Å². The van der Waals surface area contributed by atoms with Crippen molar-refractivity contribution in [1.29, 1.82) is 0 Å². The molecular formula is C21H26N4O3S. The number of hydrogen-bond donors (Lipinski definition) is 2. The zero-order valence-electron chi connectivity index (χ0n) is 16.9. The number of rotatable bonds is 6. The molecule has 3 rings (SSSR count). The number of aromatic nitrogens is 1. The number of thiazole rings is 1. The maximum Gasteiger partial charge on any atom is 0.271 e. The molecular weight excluding hydrogens is 388 g/mol. The van der Waals surface area contributed by atoms with Gasteiger partial charge in [-0.15, -0.1) is 11.3 Å². The minimum absolute atomic E-state index is 0.151. The summed E-state index contributed by atoms with van der Waals surface area (Å²) in [6.45, 7) is 4.66. The van der Waals surface area contributed by atoms with Crippen LogP contribution in [0.2, 0.25) is 0 Å². The van der Waals surface area contributed by atoms with Crippen molar-refractivity contribution in [2.24, 2.45) is 0 Å². The molecule has 1 saturated heterocycles. The molecule has 0 spiro atoms. The number of carbonyl (C=O) groups is 3. The molecule has 1 unspecified atom stereocenters. The molecule has 0 aliphatic carbocycles. The summed E-state index contributed by atoms with van der Waals surface area (Å²) in [5.74, 6) is -0.368. The van der Waals surface area contributed by atoms with Crippen LogP contribution in [0.3, 0.4) is 0 Å². The van der Waals surface area contributed by atoms with Crippen LogP contribution in [0.4, 0.5) is 0 Å². The summed E-state index contributed by atoms with van der Waals surface area (Å²) in [7, 11) is 1.56. The molecule has 2 heterocycles. The third-order valence-electron chi connectivity index (χ3n) is 5.08. The normalized spacial score (nSPS) is 16.1. The van der Waals surface area contributed by atoms with Gasteiger partial charge in [-0.2, -0.15) is 0 Å². The Balaban J connectivity index is 1.59. The van der Waals surface area contributed by atoms with Crippen LogP contribution in [-0.2, 0) is 9.59 Å². The predicted octanol–water partition coefficient (Wildman–Crippen LogP) is 2.40. The molecule has 0 radical (unpaired) electrons. The topological polar surface area (TPSA) is 91.4 Å². The van der Waals surface area contributed by atoms with E-state index < -0.39 is 11.9 Å². The maximum absolute atomic E-state index is 12.4. The minimum atomic E-state index is -0.455. The lowest BCUT2D eigenvalue weighted by atomic mass is 10.0. The van der Waals surface area contributed by atoms with Crippen LogP contribution in [0, 0.1) is 0 Å². The van der Waals surface area contributed by atoms with E-state index in [0.717, 1.165) is 17.0 Å². The number of hydrogen-bond acceptors (Lipinski definition) is 5. The molecule has 2 N–H and O–H groups in total. The fourth-order valence-electron chi connectivity index (χ4n) is 3.37. The Labute approximate surface area is 174 Å². The lowest BCUT2D eigenvalue weighted by Crippen LogP contribution is -2.48. The van der Waals surface area contributed by atoms with Gasteiger partial charge in [0.15, 0.2) is 0 Å². The van der Waals surface area contributed by atoms with E-state index in [0.29, 0.717) is 18.9 Å². The maximum atomic E-state index is 12.4. The van der Waals surface area contributed by atoms with Gasteiger partial charge in [0, 0.05) is 24.5 Å². The molecule has 8 heteroatoms. The number of likely N-dealkylation sites (N-methyl/N-ethyl adjacent to an activating group) is 1. The van der Waals surface area contributed by atoms with E-state index in [1.165, 1.54) is 21.8 Å². The van der Waals surface area contributed by atoms with Crippen LogP contribution in [-0.4, -0.2) is 53.8 Å². The highest BCUT2D eigenvalue weighted by atomic mass is 32.1. The lowest BCUT2D eigenvalue weighted by Gasteiger charge is -2.23. The summed E-state index contributed by atoms with van der Waals surface area (Å²) in [6, 6.07) is 7.69. The summed E-state index contributed by atoms with van der Waals surface area (Å²) in [5.41, 5.74) is 2.49. The molecule has 1 aliphatic heterocycles. The Morgan fingerprint density at radius 3 is 2.62 bits per heavy atom. The Morgan fingerprint density at radius 1 is 1.24 bits per heavy atom. The van der Waals surface area contributed by atoms with Gasteiger partial charge in [0.25, 0.3) is 5.91 Å². The number of amides is 3. The second-order valence-electron chi connectivity index (χ2n) is 7.36. The first-order valence-electron chi connectivity index (χ1n) is 9.75. The summed E-state index contributed by atoms with van der Waals surface area (Å²) in [4.78, 5) is 42.7. The minimum Gasteiger partial charge on any atom is -0.357 e. The molecule has 0 saturated carbocycles. The third-order valence-corrected chi connectivity index (χ3v) is 5.97. The molecule has 7 nitrogen and oxygen atoms in total. The molecule has 29 heavy (non-hydrogen) atoms. The second kappa shape index (κ2) is 9.17. The molecule has 1 atom stereocenters. The third kappa shape index (κ3) is 4.82. The van der Waals surface area contributed by atoms with Crippen molar-refractivity contribution in [2.45, 2.75) is 38.6 Å². The van der Waals surface area contributed by atoms with Crippen LogP contribution in [0.25, 0.3) is 10.6 Å². The van der Waals surface area contributed by atoms with Gasteiger partial charge in [0.05, 0.1) is 6.54 Å². The van der Waals surface area contributed by atoms with Crippen LogP contribution >= 0.6 is 11.3 Å². The summed E-state index contributed by atoms with van der Waals surface area (Å²) >= 11 is 1.39. The molecule has 1 aromatic heterocycles. The van der Waals surface area contributed by atoms with Gasteiger partial charge < -0.3 is 15.5 Å². The highest BCUT2D eigenvalue weighted by molar-refractivity contribution is 7.13. The van der Waals surface area contributed by atoms with Gasteiger partial charge in [0.2, 0.25) is 11.8 Å². The van der Waals surface area contributed by atoms with Gasteiger partial charge in [-0.1, -0.05) is 38.1 Å². The largest absolute Gasteiger partial charge is 0.357 e. The number of likely N-dealkylation sites (tertiary alicyclic amines) is 1. The van der Waals surface area contributed by atoms with E-state index in [2.05, 4.69) is 41.6 Å². The van der Waals surface area contributed by atoms with Gasteiger partial charge in [-0.3, -0.25) is 14.4 Å². The van der Waals surface area contributed by atoms with Crippen molar-refractivity contribution in [3.05, 3.63) is 40.9 Å². The average Bonchev–Trinajstić information content (AvgIpc) is 3.41. The average molecular weight is 415 g/mol. The van der Waals surface area contributed by atoms with Crippen LogP contribution in [0.15, 0.2) is 29.6 Å². The first-order chi connectivity index (χ1) is 13.9. The highest BCUT2D eigenvalue weighted by Crippen LogP contribution is 2.25. The van der Waals surface area contributed by atoms with E-state index in [4.69, 9.17) is 0 Å². The number of benzene rings is 1. The van der Waals surface area contributed by atoms with Crippen molar-refractivity contribution in [2.75, 3.05) is 20.1 Å². The summed E-state index contributed by atoms with van der Waals surface area (Å²) in [6.07, 6.45) is 1.42. The van der Waals surface area contributed by atoms with E-state index in [1.807, 2.05) is 12.1 Å². The zero-order chi connectivity index (χ0) is 21.0. The second-order valence-corrected chi connectivity index (χ2v) is 8.21. The van der Waals surface area contributed by atoms with Crippen molar-refractivity contribution in [3.8, 4) is 10.6 Å². The van der Waals surface area contributed by atoms with Crippen LogP contribution in [0.1, 0.15) is 48.7 Å². The first-order valence-corrected chi connectivity index (χ1v) is 10.6. The Bertz CT molecular complexity index is 892. The van der Waals surface area contributed by atoms with Gasteiger partial charge in [0.1, 0.15) is 16.7 Å². The standard InChI is InChI=1S/C21H26N4O3S/c1-13(2)14-6-8-15(9-7-14)21-24-16(12-29-21)19(27)23-11-18(26)25-10-4-5-17(25)20(28)22-3/h6-9,12-13,17H,4-5,10-11H2,1-3H3,(H,22,28)(H,23,27). The van der Waals surface area contributed by atoms with Crippen LogP contribution < -0.4 is 10.6 Å². The molecule has 1 fully saturated rings. The van der Waals surface area contributed by atoms with Gasteiger partial charge >= 0.3 is 0 Å². The molecule has 0 bridgehead atoms. The number of nitrogens with zero attached hydrogens (tertiary/aromatic N) is 2. The molecule has 154 valence electrons. The summed E-state index contributed by atoms with van der Waals surface area (Å²) < 4.78 is 0. The smallest absolute Gasteiger partial charge is 0.271 e. The van der Waals surface area contributed by atoms with Crippen LogP contribution in [0.5, 0.6) is 0 Å². The van der Waals surface area contributed by atoms with Gasteiger partial charge in [-0.25, -0.2) is 4.98 Å². The SMILES string of the molecule is CNC(=O)C1CCCN1C(=O)CNC(=O)c1csc(-c2ccc(C(C)C)cc2)n1. The summed E-state index contributed by atoms with van der Waals surface area (Å²) in [5, 5.41) is 7.66. The highest BCUT2D eigenvalue weighted by Gasteiger charge is 2.33. The number of nitrogens with one attached hydrogen (secondary N) is 2. The quantitative estimate of drug-likeness (QED) is 0.759. The monoisotopic (exact) mass is 414 g/mol. The Kier molecular flexibility index (Phi) is 6.64. The van der Waals surface area contributed by atoms with E-state index in [-0.39, 0.29) is 24.1 Å². The molecule has 1 aliphatic rings. The van der Waals surface area contributed by atoms with E-state index in [9.17, 15) is 14.4 Å². The Morgan fingerprint density at radius 2 is 1.97 bits per heavy atom. The number of carbonyl (C=O) groups excluding carboxylic acids is 3. The van der Waals surface area contributed by atoms with Gasteiger partial charge in [-0.05, 0) is 24.3 Å². The van der Waals surface area contributed by atoms with E-state index >= 15 is 0 Å².